The highest BCUT2D eigenvalue weighted by molar-refractivity contribution is 7.15. The van der Waals surface area contributed by atoms with Crippen LogP contribution in [-0.2, 0) is 6.61 Å². The van der Waals surface area contributed by atoms with Gasteiger partial charge in [0.15, 0.2) is 5.13 Å². The SMILES string of the molecule is CCC(C)c1nc(N(C)CC2CCN(C)CC2)sc1CO. The normalized spacial score (nSPS) is 18.9. The minimum absolute atomic E-state index is 0.111. The van der Waals surface area contributed by atoms with Crippen LogP contribution in [0.2, 0.25) is 0 Å². The van der Waals surface area contributed by atoms with E-state index in [0.29, 0.717) is 5.92 Å². The Morgan fingerprint density at radius 3 is 2.67 bits per heavy atom. The molecule has 0 aromatic carbocycles. The van der Waals surface area contributed by atoms with E-state index in [4.69, 9.17) is 4.98 Å². The largest absolute Gasteiger partial charge is 0.391 e. The molecule has 0 radical (unpaired) electrons. The van der Waals surface area contributed by atoms with E-state index in [2.05, 4.69) is 37.7 Å². The molecular weight excluding hydrogens is 282 g/mol. The van der Waals surface area contributed by atoms with Crippen LogP contribution in [-0.4, -0.2) is 48.7 Å². The number of thiazole rings is 1. The zero-order valence-corrected chi connectivity index (χ0v) is 14.6. The van der Waals surface area contributed by atoms with Gasteiger partial charge in [-0.3, -0.25) is 0 Å². The topological polar surface area (TPSA) is 39.6 Å². The molecule has 120 valence electrons. The predicted octanol–water partition coefficient (Wildman–Crippen LogP) is 2.93. The minimum Gasteiger partial charge on any atom is -0.391 e. The molecular formula is C16H29N3OS. The Bertz CT molecular complexity index is 441. The van der Waals surface area contributed by atoms with Gasteiger partial charge in [-0.05, 0) is 51.2 Å². The molecule has 2 rings (SSSR count). The van der Waals surface area contributed by atoms with Gasteiger partial charge < -0.3 is 14.9 Å². The Morgan fingerprint density at radius 1 is 1.43 bits per heavy atom. The number of rotatable bonds is 6. The number of piperidine rings is 1. The fourth-order valence-corrected chi connectivity index (χ4v) is 3.93. The van der Waals surface area contributed by atoms with Crippen LogP contribution in [0.25, 0.3) is 0 Å². The molecule has 4 nitrogen and oxygen atoms in total. The van der Waals surface area contributed by atoms with E-state index in [1.807, 2.05) is 0 Å². The minimum atomic E-state index is 0.111. The monoisotopic (exact) mass is 311 g/mol. The molecule has 1 saturated heterocycles. The molecule has 21 heavy (non-hydrogen) atoms. The Morgan fingerprint density at radius 2 is 2.10 bits per heavy atom. The summed E-state index contributed by atoms with van der Waals surface area (Å²) in [6.45, 7) is 7.96. The number of hydrogen-bond acceptors (Lipinski definition) is 5. The molecule has 2 heterocycles. The molecule has 5 heteroatoms. The highest BCUT2D eigenvalue weighted by Crippen LogP contribution is 2.32. The van der Waals surface area contributed by atoms with Crippen molar-refractivity contribution in [3.05, 3.63) is 10.6 Å². The van der Waals surface area contributed by atoms with Gasteiger partial charge in [0.05, 0.1) is 17.2 Å². The van der Waals surface area contributed by atoms with Crippen LogP contribution in [0.15, 0.2) is 0 Å². The number of aromatic nitrogens is 1. The number of nitrogens with zero attached hydrogens (tertiary/aromatic N) is 3. The molecule has 1 aromatic heterocycles. The summed E-state index contributed by atoms with van der Waals surface area (Å²) in [6.07, 6.45) is 3.61. The average molecular weight is 311 g/mol. The summed E-state index contributed by atoms with van der Waals surface area (Å²) in [4.78, 5) is 10.5. The summed E-state index contributed by atoms with van der Waals surface area (Å²) < 4.78 is 0. The lowest BCUT2D eigenvalue weighted by molar-refractivity contribution is 0.222. The fraction of sp³-hybridized carbons (Fsp3) is 0.812. The maximum Gasteiger partial charge on any atom is 0.185 e. The molecule has 0 aliphatic carbocycles. The van der Waals surface area contributed by atoms with Gasteiger partial charge in [-0.15, -0.1) is 0 Å². The number of anilines is 1. The lowest BCUT2D eigenvalue weighted by Gasteiger charge is -2.31. The van der Waals surface area contributed by atoms with Crippen LogP contribution in [0.3, 0.4) is 0 Å². The molecule has 1 aliphatic rings. The van der Waals surface area contributed by atoms with Crippen molar-refractivity contribution in [2.24, 2.45) is 5.92 Å². The van der Waals surface area contributed by atoms with Gasteiger partial charge in [-0.1, -0.05) is 25.2 Å². The molecule has 0 bridgehead atoms. The van der Waals surface area contributed by atoms with E-state index in [1.54, 1.807) is 11.3 Å². The van der Waals surface area contributed by atoms with E-state index in [9.17, 15) is 5.11 Å². The van der Waals surface area contributed by atoms with Crippen LogP contribution in [0.5, 0.6) is 0 Å². The first-order valence-electron chi connectivity index (χ1n) is 8.05. The first kappa shape index (κ1) is 16.7. The molecule has 1 aromatic rings. The third-order valence-corrected chi connectivity index (χ3v) is 5.81. The van der Waals surface area contributed by atoms with Crippen LogP contribution < -0.4 is 4.90 Å². The molecule has 0 saturated carbocycles. The maximum atomic E-state index is 9.55. The van der Waals surface area contributed by atoms with Crippen LogP contribution in [0, 0.1) is 5.92 Å². The van der Waals surface area contributed by atoms with Gasteiger partial charge in [0.2, 0.25) is 0 Å². The van der Waals surface area contributed by atoms with Crippen molar-refractivity contribution in [1.82, 2.24) is 9.88 Å². The van der Waals surface area contributed by atoms with E-state index in [1.165, 1.54) is 25.9 Å². The molecule has 1 atom stereocenters. The van der Waals surface area contributed by atoms with E-state index in [-0.39, 0.29) is 6.61 Å². The first-order chi connectivity index (χ1) is 10.0. The second-order valence-electron chi connectivity index (χ2n) is 6.40. The summed E-state index contributed by atoms with van der Waals surface area (Å²) in [6, 6.07) is 0. The smallest absolute Gasteiger partial charge is 0.185 e. The molecule has 1 unspecified atom stereocenters. The van der Waals surface area contributed by atoms with Gasteiger partial charge in [0.25, 0.3) is 0 Å². The zero-order chi connectivity index (χ0) is 15.4. The van der Waals surface area contributed by atoms with Crippen molar-refractivity contribution >= 4 is 16.5 Å². The predicted molar refractivity (Wildman–Crippen MR) is 90.2 cm³/mol. The van der Waals surface area contributed by atoms with Crippen LogP contribution in [0.4, 0.5) is 5.13 Å². The summed E-state index contributed by atoms with van der Waals surface area (Å²) in [5.74, 6) is 1.19. The standard InChI is InChI=1S/C16H29N3OS/c1-5-12(2)15-14(11-20)21-16(17-15)19(4)10-13-6-8-18(3)9-7-13/h12-13,20H,5-11H2,1-4H3. The van der Waals surface area contributed by atoms with Gasteiger partial charge >= 0.3 is 0 Å². The van der Waals surface area contributed by atoms with Crippen molar-refractivity contribution in [2.75, 3.05) is 38.6 Å². The molecule has 1 aliphatic heterocycles. The number of aliphatic hydroxyl groups excluding tert-OH is 1. The molecule has 0 spiro atoms. The highest BCUT2D eigenvalue weighted by Gasteiger charge is 2.21. The van der Waals surface area contributed by atoms with E-state index >= 15 is 0 Å². The van der Waals surface area contributed by atoms with Gasteiger partial charge in [0, 0.05) is 13.6 Å². The summed E-state index contributed by atoms with van der Waals surface area (Å²) in [5, 5.41) is 10.6. The molecule has 1 fully saturated rings. The Kier molecular flexibility index (Phi) is 6.02. The average Bonchev–Trinajstić information content (AvgIpc) is 2.93. The quantitative estimate of drug-likeness (QED) is 0.877. The zero-order valence-electron chi connectivity index (χ0n) is 13.8. The maximum absolute atomic E-state index is 9.55. The summed E-state index contributed by atoms with van der Waals surface area (Å²) in [5.41, 5.74) is 1.09. The number of aliphatic hydroxyl groups is 1. The van der Waals surface area contributed by atoms with Crippen LogP contribution in [0.1, 0.15) is 49.6 Å². The fourth-order valence-electron chi connectivity index (χ4n) is 2.92. The van der Waals surface area contributed by atoms with Gasteiger partial charge in [-0.2, -0.15) is 0 Å². The van der Waals surface area contributed by atoms with Crippen molar-refractivity contribution in [2.45, 2.75) is 45.6 Å². The van der Waals surface area contributed by atoms with Gasteiger partial charge in [-0.25, -0.2) is 4.98 Å². The second-order valence-corrected chi connectivity index (χ2v) is 7.46. The molecule has 0 amide bonds. The Labute approximate surface area is 132 Å². The van der Waals surface area contributed by atoms with Crippen molar-refractivity contribution in [3.63, 3.8) is 0 Å². The van der Waals surface area contributed by atoms with Crippen molar-refractivity contribution in [3.8, 4) is 0 Å². The summed E-state index contributed by atoms with van der Waals surface area (Å²) >= 11 is 1.65. The molecule has 1 N–H and O–H groups in total. The lowest BCUT2D eigenvalue weighted by Crippen LogP contribution is -2.35. The summed E-state index contributed by atoms with van der Waals surface area (Å²) in [7, 11) is 4.34. The van der Waals surface area contributed by atoms with Crippen LogP contribution >= 0.6 is 11.3 Å². The Hall–Kier alpha value is -0.650. The second kappa shape index (κ2) is 7.56. The van der Waals surface area contributed by atoms with Gasteiger partial charge in [0.1, 0.15) is 0 Å². The van der Waals surface area contributed by atoms with E-state index < -0.39 is 0 Å². The highest BCUT2D eigenvalue weighted by atomic mass is 32.1. The number of likely N-dealkylation sites (tertiary alicyclic amines) is 1. The van der Waals surface area contributed by atoms with Crippen molar-refractivity contribution in [1.29, 1.82) is 0 Å². The Balaban J connectivity index is 2.01. The van der Waals surface area contributed by atoms with Crippen molar-refractivity contribution < 1.29 is 5.11 Å². The number of hydrogen-bond donors (Lipinski definition) is 1. The third-order valence-electron chi connectivity index (χ3n) is 4.64. The lowest BCUT2D eigenvalue weighted by atomic mass is 9.97. The van der Waals surface area contributed by atoms with E-state index in [0.717, 1.165) is 34.6 Å². The third kappa shape index (κ3) is 4.18. The first-order valence-corrected chi connectivity index (χ1v) is 8.86.